The second-order valence-electron chi connectivity index (χ2n) is 7.96. The van der Waals surface area contributed by atoms with Gasteiger partial charge in [-0.15, -0.1) is 11.3 Å². The summed E-state index contributed by atoms with van der Waals surface area (Å²) in [7, 11) is 4.06. The van der Waals surface area contributed by atoms with Gasteiger partial charge in [0.2, 0.25) is 0 Å². The quantitative estimate of drug-likeness (QED) is 0.480. The number of hydrogen-bond donors (Lipinski definition) is 0. The minimum absolute atomic E-state index is 0.0439. The largest absolute Gasteiger partial charge is 0.491 e. The fourth-order valence-electron chi connectivity index (χ4n) is 3.64. The summed E-state index contributed by atoms with van der Waals surface area (Å²) in [4.78, 5) is 28.1. The van der Waals surface area contributed by atoms with Crippen molar-refractivity contribution in [1.82, 2.24) is 19.8 Å². The van der Waals surface area contributed by atoms with Gasteiger partial charge in [0.15, 0.2) is 11.6 Å². The highest BCUT2D eigenvalue weighted by Crippen LogP contribution is 2.40. The summed E-state index contributed by atoms with van der Waals surface area (Å²) in [5.41, 5.74) is 1.53. The van der Waals surface area contributed by atoms with Crippen molar-refractivity contribution < 1.29 is 14.3 Å². The van der Waals surface area contributed by atoms with Crippen molar-refractivity contribution in [3.63, 3.8) is 0 Å². The Morgan fingerprint density at radius 1 is 1.25 bits per heavy atom. The molecule has 0 saturated carbocycles. The molecule has 2 aromatic heterocycles. The number of ether oxygens (including phenoxy) is 2. The van der Waals surface area contributed by atoms with Gasteiger partial charge >= 0.3 is 0 Å². The first-order valence-electron chi connectivity index (χ1n) is 10.7. The summed E-state index contributed by atoms with van der Waals surface area (Å²) in [6.45, 7) is 5.58. The van der Waals surface area contributed by atoms with Gasteiger partial charge in [0.1, 0.15) is 9.71 Å². The van der Waals surface area contributed by atoms with E-state index < -0.39 is 0 Å². The molecule has 0 N–H and O–H groups in total. The van der Waals surface area contributed by atoms with Crippen molar-refractivity contribution in [3.8, 4) is 17.1 Å². The molecule has 1 amide bonds. The topological polar surface area (TPSA) is 67.8 Å². The molecule has 0 atom stereocenters. The van der Waals surface area contributed by atoms with Gasteiger partial charge < -0.3 is 19.3 Å². The molecule has 9 heteroatoms. The lowest BCUT2D eigenvalue weighted by Crippen LogP contribution is -2.40. The molecule has 1 fully saturated rings. The number of aromatic nitrogens is 2. The maximum absolute atomic E-state index is 13.4. The molecule has 0 bridgehead atoms. The average molecular weight is 475 g/mol. The molecule has 1 aromatic carbocycles. The zero-order valence-corrected chi connectivity index (χ0v) is 20.1. The van der Waals surface area contributed by atoms with Gasteiger partial charge in [-0.05, 0) is 39.6 Å². The number of amides is 1. The summed E-state index contributed by atoms with van der Waals surface area (Å²) < 4.78 is 11.6. The zero-order valence-electron chi connectivity index (χ0n) is 18.6. The Hall–Kier alpha value is -2.26. The highest BCUT2D eigenvalue weighted by Gasteiger charge is 2.28. The molecular formula is C23H27ClN4O3S. The van der Waals surface area contributed by atoms with E-state index in [-0.39, 0.29) is 5.91 Å². The minimum Gasteiger partial charge on any atom is -0.491 e. The van der Waals surface area contributed by atoms with E-state index in [9.17, 15) is 4.79 Å². The van der Waals surface area contributed by atoms with Crippen LogP contribution in [0.15, 0.2) is 24.3 Å². The first-order valence-corrected chi connectivity index (χ1v) is 11.9. The highest BCUT2D eigenvalue weighted by atomic mass is 35.5. The molecule has 170 valence electrons. The van der Waals surface area contributed by atoms with Gasteiger partial charge in [0.25, 0.3) is 5.91 Å². The fourth-order valence-corrected chi connectivity index (χ4v) is 5.00. The first kappa shape index (κ1) is 22.9. The van der Waals surface area contributed by atoms with Gasteiger partial charge in [-0.1, -0.05) is 23.7 Å². The van der Waals surface area contributed by atoms with E-state index in [1.807, 2.05) is 50.2 Å². The number of halogens is 1. The number of fused-ring (bicyclic) bond motifs is 1. The fraction of sp³-hybridized carbons (Fsp3) is 0.435. The standard InChI is InChI=1S/C23H27ClN4O3S/c1-15-18-19(31-12-6-9-27(2)3)20(23(29)28-10-13-30-14-11-28)32-22(18)26-21(25-15)16-7-4-5-8-17(16)24/h4-5,7-8H,6,9-14H2,1-3H3. The number of benzene rings is 1. The van der Waals surface area contributed by atoms with Crippen molar-refractivity contribution in [3.05, 3.63) is 39.9 Å². The van der Waals surface area contributed by atoms with E-state index in [2.05, 4.69) is 4.90 Å². The molecule has 1 aliphatic heterocycles. The van der Waals surface area contributed by atoms with Crippen molar-refractivity contribution in [2.24, 2.45) is 0 Å². The lowest BCUT2D eigenvalue weighted by Gasteiger charge is -2.26. The Morgan fingerprint density at radius 2 is 2.00 bits per heavy atom. The smallest absolute Gasteiger partial charge is 0.268 e. The summed E-state index contributed by atoms with van der Waals surface area (Å²) in [6.07, 6.45) is 0.854. The Kier molecular flexibility index (Phi) is 7.25. The Labute approximate surface area is 196 Å². The van der Waals surface area contributed by atoms with E-state index in [4.69, 9.17) is 31.0 Å². The number of rotatable bonds is 7. The molecule has 0 radical (unpaired) electrons. The third-order valence-electron chi connectivity index (χ3n) is 5.29. The second kappa shape index (κ2) is 10.1. The predicted octanol–water partition coefficient (Wildman–Crippen LogP) is 4.12. The molecule has 0 spiro atoms. The molecule has 3 aromatic rings. The van der Waals surface area contributed by atoms with Crippen LogP contribution in [0.3, 0.4) is 0 Å². The number of aryl methyl sites for hydroxylation is 1. The maximum atomic E-state index is 13.4. The van der Waals surface area contributed by atoms with Crippen LogP contribution < -0.4 is 4.74 Å². The summed E-state index contributed by atoms with van der Waals surface area (Å²) in [5.74, 6) is 1.09. The third-order valence-corrected chi connectivity index (χ3v) is 6.67. The predicted molar refractivity (Wildman–Crippen MR) is 128 cm³/mol. The minimum atomic E-state index is -0.0439. The average Bonchev–Trinajstić information content (AvgIpc) is 3.16. The van der Waals surface area contributed by atoms with Crippen LogP contribution in [-0.4, -0.2) is 79.2 Å². The van der Waals surface area contributed by atoms with Crippen molar-refractivity contribution in [2.45, 2.75) is 13.3 Å². The van der Waals surface area contributed by atoms with Crippen LogP contribution in [0.1, 0.15) is 21.8 Å². The van der Waals surface area contributed by atoms with Gasteiger partial charge in [0.05, 0.1) is 35.9 Å². The Bertz CT molecular complexity index is 1110. The van der Waals surface area contributed by atoms with Gasteiger partial charge in [-0.3, -0.25) is 4.79 Å². The van der Waals surface area contributed by atoms with E-state index in [0.717, 1.165) is 34.4 Å². The normalized spacial score (nSPS) is 14.3. The van der Waals surface area contributed by atoms with Crippen LogP contribution in [0, 0.1) is 6.92 Å². The summed E-state index contributed by atoms with van der Waals surface area (Å²) >= 11 is 7.74. The monoisotopic (exact) mass is 474 g/mol. The number of nitrogens with zero attached hydrogens (tertiary/aromatic N) is 4. The van der Waals surface area contributed by atoms with Crippen LogP contribution in [0.25, 0.3) is 21.6 Å². The molecule has 0 aliphatic carbocycles. The summed E-state index contributed by atoms with van der Waals surface area (Å²) in [5, 5.41) is 1.39. The SMILES string of the molecule is Cc1nc(-c2ccccc2Cl)nc2sc(C(=O)N3CCOCC3)c(OCCCN(C)C)c12. The van der Waals surface area contributed by atoms with Crippen LogP contribution in [0.2, 0.25) is 5.02 Å². The van der Waals surface area contributed by atoms with Crippen molar-refractivity contribution in [2.75, 3.05) is 53.6 Å². The van der Waals surface area contributed by atoms with E-state index in [1.54, 1.807) is 0 Å². The van der Waals surface area contributed by atoms with Crippen molar-refractivity contribution in [1.29, 1.82) is 0 Å². The van der Waals surface area contributed by atoms with Gasteiger partial charge in [-0.2, -0.15) is 0 Å². The van der Waals surface area contributed by atoms with Crippen LogP contribution in [0.4, 0.5) is 0 Å². The van der Waals surface area contributed by atoms with Crippen molar-refractivity contribution >= 4 is 39.1 Å². The van der Waals surface area contributed by atoms with E-state index in [1.165, 1.54) is 11.3 Å². The first-order chi connectivity index (χ1) is 15.5. The number of hydrogen-bond acceptors (Lipinski definition) is 7. The molecule has 4 rings (SSSR count). The van der Waals surface area contributed by atoms with E-state index >= 15 is 0 Å². The number of carbonyl (C=O) groups excluding carboxylic acids is 1. The van der Waals surface area contributed by atoms with Crippen LogP contribution >= 0.6 is 22.9 Å². The Morgan fingerprint density at radius 3 is 2.72 bits per heavy atom. The molecular weight excluding hydrogens is 448 g/mol. The third kappa shape index (κ3) is 4.88. The molecule has 7 nitrogen and oxygen atoms in total. The lowest BCUT2D eigenvalue weighted by molar-refractivity contribution is 0.0304. The number of morpholine rings is 1. The highest BCUT2D eigenvalue weighted by molar-refractivity contribution is 7.21. The molecule has 0 unspecified atom stereocenters. The van der Waals surface area contributed by atoms with Crippen LogP contribution in [-0.2, 0) is 4.74 Å². The Balaban J connectivity index is 1.75. The lowest BCUT2D eigenvalue weighted by atomic mass is 10.2. The maximum Gasteiger partial charge on any atom is 0.268 e. The molecule has 32 heavy (non-hydrogen) atoms. The summed E-state index contributed by atoms with van der Waals surface area (Å²) in [6, 6.07) is 7.50. The zero-order chi connectivity index (χ0) is 22.7. The number of thiophene rings is 1. The molecule has 1 saturated heterocycles. The van der Waals surface area contributed by atoms with Gasteiger partial charge in [-0.25, -0.2) is 9.97 Å². The van der Waals surface area contributed by atoms with E-state index in [0.29, 0.717) is 54.4 Å². The second-order valence-corrected chi connectivity index (χ2v) is 9.37. The van der Waals surface area contributed by atoms with Gasteiger partial charge in [0, 0.05) is 25.2 Å². The van der Waals surface area contributed by atoms with Crippen LogP contribution in [0.5, 0.6) is 5.75 Å². The molecule has 3 heterocycles. The number of carbonyl (C=O) groups is 1. The molecule has 1 aliphatic rings.